The van der Waals surface area contributed by atoms with Crippen LogP contribution >= 0.6 is 34.7 Å². The van der Waals surface area contributed by atoms with Crippen LogP contribution in [0.15, 0.2) is 101 Å². The highest BCUT2D eigenvalue weighted by Gasteiger charge is 2.10. The largest absolute Gasteiger partial charge is 0.326 e. The molecule has 0 aliphatic rings. The van der Waals surface area contributed by atoms with Gasteiger partial charge in [-0.1, -0.05) is 66.2 Å². The molecule has 0 saturated heterocycles. The topological polar surface area (TPSA) is 71.1 Å². The number of hydrogen-bond acceptors (Lipinski definition) is 5. The zero-order valence-corrected chi connectivity index (χ0v) is 22.0. The lowest BCUT2D eigenvalue weighted by molar-refractivity contribution is -0.115. The van der Waals surface area contributed by atoms with Gasteiger partial charge in [0.1, 0.15) is 0 Å². The SMILES string of the molecule is O=C(Cc1ccc(Cl)cc1)Nc1cccc(SCC(=O)Nc2nc(-c3ccc4ccccc4c3)cs2)c1. The number of nitrogens with one attached hydrogen (secondary N) is 2. The van der Waals surface area contributed by atoms with Gasteiger partial charge < -0.3 is 10.6 Å². The number of rotatable bonds is 8. The van der Waals surface area contributed by atoms with Crippen molar-refractivity contribution in [3.8, 4) is 11.3 Å². The summed E-state index contributed by atoms with van der Waals surface area (Å²) in [6.07, 6.45) is 0.256. The first-order chi connectivity index (χ1) is 18.0. The van der Waals surface area contributed by atoms with Crippen molar-refractivity contribution in [2.24, 2.45) is 0 Å². The summed E-state index contributed by atoms with van der Waals surface area (Å²) in [4.78, 5) is 30.4. The van der Waals surface area contributed by atoms with E-state index in [4.69, 9.17) is 11.6 Å². The summed E-state index contributed by atoms with van der Waals surface area (Å²) >= 11 is 8.70. The van der Waals surface area contributed by atoms with Crippen LogP contribution in [0, 0.1) is 0 Å². The molecule has 5 aromatic rings. The highest BCUT2D eigenvalue weighted by molar-refractivity contribution is 8.00. The number of halogens is 1. The molecule has 0 saturated carbocycles. The monoisotopic (exact) mass is 543 g/mol. The molecule has 1 heterocycles. The molecule has 5 rings (SSSR count). The van der Waals surface area contributed by atoms with Gasteiger partial charge in [-0.2, -0.15) is 0 Å². The van der Waals surface area contributed by atoms with Crippen molar-refractivity contribution in [3.05, 3.63) is 107 Å². The summed E-state index contributed by atoms with van der Waals surface area (Å²) in [6.45, 7) is 0. The Balaban J connectivity index is 1.14. The van der Waals surface area contributed by atoms with Gasteiger partial charge >= 0.3 is 0 Å². The molecule has 0 unspecified atom stereocenters. The number of thiazole rings is 1. The normalized spacial score (nSPS) is 10.8. The molecule has 0 bridgehead atoms. The van der Waals surface area contributed by atoms with E-state index >= 15 is 0 Å². The summed E-state index contributed by atoms with van der Waals surface area (Å²) in [5.41, 5.74) is 3.42. The molecule has 0 aliphatic carbocycles. The minimum Gasteiger partial charge on any atom is -0.326 e. The Kier molecular flexibility index (Phi) is 7.84. The lowest BCUT2D eigenvalue weighted by Crippen LogP contribution is -2.15. The number of carbonyl (C=O) groups is 2. The van der Waals surface area contributed by atoms with E-state index in [1.807, 2.05) is 60.0 Å². The van der Waals surface area contributed by atoms with Gasteiger partial charge in [-0.3, -0.25) is 9.59 Å². The summed E-state index contributed by atoms with van der Waals surface area (Å²) in [5, 5.41) is 11.3. The maximum Gasteiger partial charge on any atom is 0.236 e. The predicted molar refractivity (Wildman–Crippen MR) is 155 cm³/mol. The third kappa shape index (κ3) is 6.77. The molecule has 0 fully saturated rings. The number of amides is 2. The first-order valence-corrected chi connectivity index (χ1v) is 13.8. The van der Waals surface area contributed by atoms with E-state index in [0.29, 0.717) is 15.8 Å². The Bertz CT molecular complexity index is 1570. The van der Waals surface area contributed by atoms with Crippen molar-refractivity contribution >= 4 is 68.1 Å². The first-order valence-electron chi connectivity index (χ1n) is 11.5. The molecule has 0 radical (unpaired) electrons. The van der Waals surface area contributed by atoms with Crippen LogP contribution in [-0.2, 0) is 16.0 Å². The maximum absolute atomic E-state index is 12.6. The van der Waals surface area contributed by atoms with Gasteiger partial charge in [-0.15, -0.1) is 23.1 Å². The fourth-order valence-corrected chi connectivity index (χ4v) is 5.39. The molecule has 0 atom stereocenters. The zero-order chi connectivity index (χ0) is 25.6. The number of benzene rings is 4. The second-order valence-electron chi connectivity index (χ2n) is 8.32. The molecule has 184 valence electrons. The fourth-order valence-electron chi connectivity index (χ4n) is 3.77. The molecule has 2 amide bonds. The highest BCUT2D eigenvalue weighted by atomic mass is 35.5. The number of hydrogen-bond donors (Lipinski definition) is 2. The summed E-state index contributed by atoms with van der Waals surface area (Å²) in [6, 6.07) is 29.1. The van der Waals surface area contributed by atoms with Crippen molar-refractivity contribution in [2.75, 3.05) is 16.4 Å². The Hall–Kier alpha value is -3.65. The minimum atomic E-state index is -0.137. The Morgan fingerprint density at radius 1 is 0.838 bits per heavy atom. The Labute approximate surface area is 227 Å². The van der Waals surface area contributed by atoms with Gasteiger partial charge in [-0.25, -0.2) is 4.98 Å². The number of carbonyl (C=O) groups excluding carboxylic acids is 2. The molecule has 1 aromatic heterocycles. The second-order valence-corrected chi connectivity index (χ2v) is 10.7. The van der Waals surface area contributed by atoms with Crippen LogP contribution in [0.2, 0.25) is 5.02 Å². The quantitative estimate of drug-likeness (QED) is 0.198. The van der Waals surface area contributed by atoms with Crippen LogP contribution in [0.25, 0.3) is 22.0 Å². The smallest absolute Gasteiger partial charge is 0.236 e. The number of thioether (sulfide) groups is 1. The second kappa shape index (κ2) is 11.6. The van der Waals surface area contributed by atoms with Gasteiger partial charge in [0.25, 0.3) is 0 Å². The zero-order valence-electron chi connectivity index (χ0n) is 19.6. The number of nitrogens with zero attached hydrogens (tertiary/aromatic N) is 1. The molecule has 37 heavy (non-hydrogen) atoms. The van der Waals surface area contributed by atoms with Gasteiger partial charge in [0, 0.05) is 26.5 Å². The van der Waals surface area contributed by atoms with Crippen molar-refractivity contribution < 1.29 is 9.59 Å². The van der Waals surface area contributed by atoms with Crippen molar-refractivity contribution in [1.82, 2.24) is 4.98 Å². The summed E-state index contributed by atoms with van der Waals surface area (Å²) in [5.74, 6) is -0.0256. The van der Waals surface area contributed by atoms with E-state index in [9.17, 15) is 9.59 Å². The lowest BCUT2D eigenvalue weighted by Gasteiger charge is -2.08. The Morgan fingerprint density at radius 2 is 1.65 bits per heavy atom. The third-order valence-corrected chi connectivity index (χ3v) is 7.56. The molecule has 2 N–H and O–H groups in total. The van der Waals surface area contributed by atoms with Gasteiger partial charge in [0.05, 0.1) is 17.9 Å². The van der Waals surface area contributed by atoms with E-state index < -0.39 is 0 Å². The molecule has 5 nitrogen and oxygen atoms in total. The van der Waals surface area contributed by atoms with E-state index in [0.717, 1.165) is 27.1 Å². The molecule has 0 spiro atoms. The van der Waals surface area contributed by atoms with Gasteiger partial charge in [-0.05, 0) is 52.7 Å². The predicted octanol–water partition coefficient (Wildman–Crippen LogP) is 7.53. The molecular formula is C29H22ClN3O2S2. The fraction of sp³-hybridized carbons (Fsp3) is 0.0690. The van der Waals surface area contributed by atoms with E-state index in [1.165, 1.54) is 28.5 Å². The number of anilines is 2. The van der Waals surface area contributed by atoms with Crippen molar-refractivity contribution in [2.45, 2.75) is 11.3 Å². The van der Waals surface area contributed by atoms with Crippen LogP contribution in [0.5, 0.6) is 0 Å². The minimum absolute atomic E-state index is 0.117. The molecule has 8 heteroatoms. The van der Waals surface area contributed by atoms with Gasteiger partial charge in [0.15, 0.2) is 5.13 Å². The first kappa shape index (κ1) is 25.0. The maximum atomic E-state index is 12.6. The molecular weight excluding hydrogens is 522 g/mol. The third-order valence-electron chi connectivity index (χ3n) is 5.56. The van der Waals surface area contributed by atoms with Crippen LogP contribution in [0.1, 0.15) is 5.56 Å². The van der Waals surface area contributed by atoms with Crippen LogP contribution in [-0.4, -0.2) is 22.6 Å². The van der Waals surface area contributed by atoms with E-state index in [-0.39, 0.29) is 24.0 Å². The Morgan fingerprint density at radius 3 is 2.49 bits per heavy atom. The van der Waals surface area contributed by atoms with Crippen molar-refractivity contribution in [3.63, 3.8) is 0 Å². The summed E-state index contributed by atoms with van der Waals surface area (Å²) < 4.78 is 0. The average Bonchev–Trinajstić information content (AvgIpc) is 3.37. The van der Waals surface area contributed by atoms with Crippen LogP contribution < -0.4 is 10.6 Å². The molecule has 4 aromatic carbocycles. The number of aromatic nitrogens is 1. The van der Waals surface area contributed by atoms with Crippen molar-refractivity contribution in [1.29, 1.82) is 0 Å². The summed E-state index contributed by atoms with van der Waals surface area (Å²) in [7, 11) is 0. The standard InChI is InChI=1S/C29H22ClN3O2S2/c30-23-12-8-19(9-13-23)14-27(34)31-24-6-3-7-25(16-24)36-18-28(35)33-29-32-26(17-37-29)22-11-10-20-4-1-2-5-21(20)15-22/h1-13,15-17H,14,18H2,(H,31,34)(H,32,33,35). The highest BCUT2D eigenvalue weighted by Crippen LogP contribution is 2.28. The molecule has 0 aliphatic heterocycles. The van der Waals surface area contributed by atoms with Crippen LogP contribution in [0.3, 0.4) is 0 Å². The lowest BCUT2D eigenvalue weighted by atomic mass is 10.1. The number of fused-ring (bicyclic) bond motifs is 1. The van der Waals surface area contributed by atoms with Gasteiger partial charge in [0.2, 0.25) is 11.8 Å². The van der Waals surface area contributed by atoms with E-state index in [2.05, 4.69) is 39.9 Å². The van der Waals surface area contributed by atoms with Crippen LogP contribution in [0.4, 0.5) is 10.8 Å². The average molecular weight is 544 g/mol. The van der Waals surface area contributed by atoms with E-state index in [1.54, 1.807) is 12.1 Å².